The molecule has 0 aliphatic carbocycles. The van der Waals surface area contributed by atoms with E-state index in [1.54, 1.807) is 0 Å². The highest BCUT2D eigenvalue weighted by Gasteiger charge is 2.30. The fourth-order valence-corrected chi connectivity index (χ4v) is 1.15. The third-order valence-corrected chi connectivity index (χ3v) is 1.96. The first-order valence-corrected chi connectivity index (χ1v) is 4.30. The molecule has 6 heteroatoms. The molecule has 1 rings (SSSR count). The van der Waals surface area contributed by atoms with E-state index in [-0.39, 0.29) is 17.8 Å². The topological polar surface area (TPSA) is 69.2 Å². The van der Waals surface area contributed by atoms with Crippen LogP contribution in [0.2, 0.25) is 0 Å². The van der Waals surface area contributed by atoms with Gasteiger partial charge in [0, 0.05) is 24.1 Å². The van der Waals surface area contributed by atoms with Gasteiger partial charge in [-0.05, 0) is 18.7 Å². The van der Waals surface area contributed by atoms with Crippen molar-refractivity contribution in [1.82, 2.24) is 0 Å². The number of benzene rings is 1. The van der Waals surface area contributed by atoms with Gasteiger partial charge in [0.25, 0.3) is 11.6 Å². The molecule has 1 aromatic rings. The van der Waals surface area contributed by atoms with Crippen molar-refractivity contribution in [3.05, 3.63) is 39.9 Å². The molecule has 0 bridgehead atoms. The number of nitro benzene ring substituents is 1. The minimum Gasteiger partial charge on any atom is -0.330 e. The lowest BCUT2D eigenvalue weighted by Gasteiger charge is -2.14. The molecule has 2 N–H and O–H groups in total. The minimum absolute atomic E-state index is 0.135. The van der Waals surface area contributed by atoms with Crippen LogP contribution in [0.15, 0.2) is 24.3 Å². The van der Waals surface area contributed by atoms with Crippen molar-refractivity contribution in [2.75, 3.05) is 6.54 Å². The number of halogens is 2. The molecule has 0 fully saturated rings. The molecule has 0 amide bonds. The van der Waals surface area contributed by atoms with Crippen LogP contribution in [-0.4, -0.2) is 11.5 Å². The third-order valence-electron chi connectivity index (χ3n) is 1.96. The van der Waals surface area contributed by atoms with E-state index in [1.807, 2.05) is 0 Å². The maximum atomic E-state index is 13.2. The van der Waals surface area contributed by atoms with Gasteiger partial charge in [0.1, 0.15) is 0 Å². The van der Waals surface area contributed by atoms with Crippen LogP contribution in [0, 0.1) is 10.1 Å². The highest BCUT2D eigenvalue weighted by atomic mass is 19.3. The average molecular weight is 216 g/mol. The maximum absolute atomic E-state index is 13.2. The summed E-state index contributed by atoms with van der Waals surface area (Å²) in [6.45, 7) is -0.135. The second-order valence-electron chi connectivity index (χ2n) is 3.05. The number of hydrogen-bond acceptors (Lipinski definition) is 3. The van der Waals surface area contributed by atoms with Crippen LogP contribution in [-0.2, 0) is 5.92 Å². The molecule has 1 aromatic carbocycles. The minimum atomic E-state index is -3.02. The Morgan fingerprint density at radius 2 is 1.87 bits per heavy atom. The van der Waals surface area contributed by atoms with E-state index in [4.69, 9.17) is 5.73 Å². The monoisotopic (exact) mass is 216 g/mol. The van der Waals surface area contributed by atoms with E-state index < -0.39 is 17.3 Å². The van der Waals surface area contributed by atoms with E-state index in [1.165, 1.54) is 0 Å². The zero-order valence-corrected chi connectivity index (χ0v) is 7.82. The van der Waals surface area contributed by atoms with Crippen molar-refractivity contribution in [2.45, 2.75) is 12.3 Å². The molecule has 0 aliphatic heterocycles. The first kappa shape index (κ1) is 11.5. The van der Waals surface area contributed by atoms with Gasteiger partial charge in [-0.25, -0.2) is 8.78 Å². The normalized spacial score (nSPS) is 11.4. The van der Waals surface area contributed by atoms with Crippen molar-refractivity contribution in [3.63, 3.8) is 0 Å². The Balaban J connectivity index is 2.93. The van der Waals surface area contributed by atoms with E-state index in [0.29, 0.717) is 0 Å². The van der Waals surface area contributed by atoms with Gasteiger partial charge in [0.15, 0.2) is 0 Å². The molecule has 0 atom stereocenters. The van der Waals surface area contributed by atoms with Crippen molar-refractivity contribution in [2.24, 2.45) is 5.73 Å². The second-order valence-corrected chi connectivity index (χ2v) is 3.05. The number of hydrogen-bond donors (Lipinski definition) is 1. The lowest BCUT2D eigenvalue weighted by Crippen LogP contribution is -2.18. The Morgan fingerprint density at radius 1 is 1.33 bits per heavy atom. The van der Waals surface area contributed by atoms with Gasteiger partial charge < -0.3 is 5.73 Å². The summed E-state index contributed by atoms with van der Waals surface area (Å²) in [6, 6.07) is 4.21. The molecule has 4 nitrogen and oxygen atoms in total. The van der Waals surface area contributed by atoms with E-state index in [9.17, 15) is 18.9 Å². The van der Waals surface area contributed by atoms with Crippen molar-refractivity contribution in [3.8, 4) is 0 Å². The van der Waals surface area contributed by atoms with Gasteiger partial charge in [0.2, 0.25) is 0 Å². The van der Waals surface area contributed by atoms with E-state index >= 15 is 0 Å². The van der Waals surface area contributed by atoms with E-state index in [2.05, 4.69) is 0 Å². The SMILES string of the molecule is NCCC(F)(F)c1ccc([N+](=O)[O-])cc1. The third kappa shape index (κ3) is 2.69. The largest absolute Gasteiger partial charge is 0.330 e. The summed E-state index contributed by atoms with van der Waals surface area (Å²) in [4.78, 5) is 9.65. The Kier molecular flexibility index (Phi) is 3.31. The summed E-state index contributed by atoms with van der Waals surface area (Å²) in [7, 11) is 0. The fourth-order valence-electron chi connectivity index (χ4n) is 1.15. The van der Waals surface area contributed by atoms with Crippen molar-refractivity contribution >= 4 is 5.69 Å². The van der Waals surface area contributed by atoms with Crippen LogP contribution in [0.3, 0.4) is 0 Å². The van der Waals surface area contributed by atoms with Gasteiger partial charge in [-0.2, -0.15) is 0 Å². The summed E-state index contributed by atoms with van der Waals surface area (Å²) < 4.78 is 26.5. The van der Waals surface area contributed by atoms with Gasteiger partial charge in [-0.3, -0.25) is 10.1 Å². The van der Waals surface area contributed by atoms with Crippen LogP contribution in [0.25, 0.3) is 0 Å². The van der Waals surface area contributed by atoms with Gasteiger partial charge in [0.05, 0.1) is 4.92 Å². The van der Waals surface area contributed by atoms with Crippen LogP contribution in [0.5, 0.6) is 0 Å². The molecule has 0 unspecified atom stereocenters. The number of rotatable bonds is 4. The van der Waals surface area contributed by atoms with Crippen LogP contribution < -0.4 is 5.73 Å². The molecule has 0 radical (unpaired) electrons. The van der Waals surface area contributed by atoms with Crippen LogP contribution >= 0.6 is 0 Å². The number of nitrogens with two attached hydrogens (primary N) is 1. The molecule has 0 aliphatic rings. The number of nitro groups is 1. The molecular weight excluding hydrogens is 206 g/mol. The summed E-state index contributed by atoms with van der Waals surface area (Å²) in [5.41, 5.74) is 4.58. The molecule has 0 saturated carbocycles. The number of nitrogens with zero attached hydrogens (tertiary/aromatic N) is 1. The fraction of sp³-hybridized carbons (Fsp3) is 0.333. The molecule has 0 saturated heterocycles. The highest BCUT2D eigenvalue weighted by molar-refractivity contribution is 5.34. The predicted molar refractivity (Wildman–Crippen MR) is 50.7 cm³/mol. The van der Waals surface area contributed by atoms with Crippen LogP contribution in [0.1, 0.15) is 12.0 Å². The maximum Gasteiger partial charge on any atom is 0.274 e. The van der Waals surface area contributed by atoms with Gasteiger partial charge >= 0.3 is 0 Å². The predicted octanol–water partition coefficient (Wildman–Crippen LogP) is 2.04. The van der Waals surface area contributed by atoms with Gasteiger partial charge in [-0.1, -0.05) is 0 Å². The Bertz CT molecular complexity index is 352. The van der Waals surface area contributed by atoms with Crippen molar-refractivity contribution in [1.29, 1.82) is 0 Å². The summed E-state index contributed by atoms with van der Waals surface area (Å²) in [6.07, 6.45) is -0.467. The number of non-ortho nitro benzene ring substituents is 1. The Morgan fingerprint density at radius 3 is 2.27 bits per heavy atom. The first-order valence-electron chi connectivity index (χ1n) is 4.30. The first-order chi connectivity index (χ1) is 6.97. The van der Waals surface area contributed by atoms with Crippen LogP contribution in [0.4, 0.5) is 14.5 Å². The number of alkyl halides is 2. The molecular formula is C9H10F2N2O2. The molecule has 15 heavy (non-hydrogen) atoms. The smallest absolute Gasteiger partial charge is 0.274 e. The molecule has 0 aromatic heterocycles. The molecule has 82 valence electrons. The van der Waals surface area contributed by atoms with Gasteiger partial charge in [-0.15, -0.1) is 0 Å². The lowest BCUT2D eigenvalue weighted by molar-refractivity contribution is -0.384. The van der Waals surface area contributed by atoms with Crippen molar-refractivity contribution < 1.29 is 13.7 Å². The van der Waals surface area contributed by atoms with E-state index in [0.717, 1.165) is 24.3 Å². The Labute approximate surface area is 84.9 Å². The summed E-state index contributed by atoms with van der Waals surface area (Å²) in [5, 5.41) is 10.3. The highest BCUT2D eigenvalue weighted by Crippen LogP contribution is 2.31. The standard InChI is InChI=1S/C9H10F2N2O2/c10-9(11,5-6-12)7-1-3-8(4-2-7)13(14)15/h1-4H,5-6,12H2. The quantitative estimate of drug-likeness (QED) is 0.618. The molecule has 0 heterocycles. The lowest BCUT2D eigenvalue weighted by atomic mass is 10.1. The zero-order chi connectivity index (χ0) is 11.5. The summed E-state index contributed by atoms with van der Waals surface area (Å²) in [5.74, 6) is -3.02. The average Bonchev–Trinajstić information content (AvgIpc) is 2.18. The summed E-state index contributed by atoms with van der Waals surface area (Å²) >= 11 is 0. The second kappa shape index (κ2) is 4.31. The molecule has 0 spiro atoms. The Hall–Kier alpha value is -1.56. The zero-order valence-electron chi connectivity index (χ0n) is 7.82.